The van der Waals surface area contributed by atoms with E-state index >= 15 is 0 Å². The Morgan fingerprint density at radius 3 is 2.68 bits per heavy atom. The minimum absolute atomic E-state index is 0.0764. The van der Waals surface area contributed by atoms with Crippen molar-refractivity contribution in [3.8, 4) is 0 Å². The molecule has 9 nitrogen and oxygen atoms in total. The summed E-state index contributed by atoms with van der Waals surface area (Å²) in [5, 5.41) is 13.6. The van der Waals surface area contributed by atoms with Gasteiger partial charge in [-0.05, 0) is 25.3 Å². The van der Waals surface area contributed by atoms with Crippen LogP contribution in [0.2, 0.25) is 0 Å². The van der Waals surface area contributed by atoms with Gasteiger partial charge >= 0.3 is 0 Å². The van der Waals surface area contributed by atoms with Crippen molar-refractivity contribution in [3.63, 3.8) is 0 Å². The minimum Gasteiger partial charge on any atom is -0.378 e. The van der Waals surface area contributed by atoms with Crippen LogP contribution in [0.4, 0.5) is 11.4 Å². The normalized spacial score (nSPS) is 15.2. The lowest BCUT2D eigenvalue weighted by Crippen LogP contribution is -2.40. The number of hydrogen-bond donors (Lipinski definition) is 1. The van der Waals surface area contributed by atoms with Gasteiger partial charge < -0.3 is 10.1 Å². The lowest BCUT2D eigenvalue weighted by molar-refractivity contribution is -0.384. The lowest BCUT2D eigenvalue weighted by Gasteiger charge is -2.22. The molecule has 2 rings (SSSR count). The van der Waals surface area contributed by atoms with Gasteiger partial charge in [-0.25, -0.2) is 8.42 Å². The molecule has 1 aromatic rings. The van der Waals surface area contributed by atoms with Crippen LogP contribution < -0.4 is 9.62 Å². The molecule has 156 valence electrons. The summed E-state index contributed by atoms with van der Waals surface area (Å²) >= 11 is 0. The predicted molar refractivity (Wildman–Crippen MR) is 106 cm³/mol. The molecule has 0 heterocycles. The number of ether oxygens (including phenoxy) is 1. The number of sulfonamides is 1. The van der Waals surface area contributed by atoms with Gasteiger partial charge in [0.05, 0.1) is 23.0 Å². The molecule has 1 N–H and O–H groups in total. The number of amides is 1. The minimum atomic E-state index is -3.78. The molecule has 0 saturated heterocycles. The highest BCUT2D eigenvalue weighted by molar-refractivity contribution is 7.92. The lowest BCUT2D eigenvalue weighted by atomic mass is 9.98. The van der Waals surface area contributed by atoms with E-state index in [9.17, 15) is 23.3 Å². The number of nitro benzene ring substituents is 1. The average Bonchev–Trinajstić information content (AvgIpc) is 2.66. The van der Waals surface area contributed by atoms with Crippen molar-refractivity contribution in [2.75, 3.05) is 30.3 Å². The van der Waals surface area contributed by atoms with Gasteiger partial charge in [-0.15, -0.1) is 0 Å². The zero-order valence-corrected chi connectivity index (χ0v) is 16.8. The van der Waals surface area contributed by atoms with Crippen LogP contribution in [0.15, 0.2) is 24.3 Å². The first-order chi connectivity index (χ1) is 13.3. The van der Waals surface area contributed by atoms with E-state index in [0.29, 0.717) is 25.7 Å². The second-order valence-electron chi connectivity index (χ2n) is 6.88. The van der Waals surface area contributed by atoms with E-state index in [1.54, 1.807) is 0 Å². The zero-order chi connectivity index (χ0) is 20.6. The fraction of sp³-hybridized carbons (Fsp3) is 0.611. The van der Waals surface area contributed by atoms with Gasteiger partial charge in [-0.2, -0.15) is 0 Å². The van der Waals surface area contributed by atoms with Crippen molar-refractivity contribution in [2.45, 2.75) is 44.6 Å². The molecule has 0 bridgehead atoms. The molecule has 0 unspecified atom stereocenters. The van der Waals surface area contributed by atoms with Crippen LogP contribution >= 0.6 is 0 Å². The number of nitrogens with one attached hydrogen (secondary N) is 1. The van der Waals surface area contributed by atoms with Gasteiger partial charge in [0.1, 0.15) is 6.54 Å². The highest BCUT2D eigenvalue weighted by Crippen LogP contribution is 2.23. The SMILES string of the molecule is CS(=O)(=O)N(CC(=O)NCCCOC1CCCCC1)c1cccc([N+](=O)[O-])c1. The summed E-state index contributed by atoms with van der Waals surface area (Å²) in [7, 11) is -3.78. The Balaban J connectivity index is 1.84. The van der Waals surface area contributed by atoms with E-state index in [4.69, 9.17) is 4.74 Å². The van der Waals surface area contributed by atoms with Gasteiger partial charge in [-0.1, -0.05) is 25.3 Å². The number of nitro groups is 1. The molecule has 0 aromatic heterocycles. The zero-order valence-electron chi connectivity index (χ0n) is 16.0. The van der Waals surface area contributed by atoms with Gasteiger partial charge in [-0.3, -0.25) is 19.2 Å². The van der Waals surface area contributed by atoms with E-state index in [2.05, 4.69) is 5.32 Å². The summed E-state index contributed by atoms with van der Waals surface area (Å²) in [6.07, 6.45) is 7.71. The van der Waals surface area contributed by atoms with Crippen LogP contribution in [-0.2, 0) is 19.6 Å². The first-order valence-corrected chi connectivity index (χ1v) is 11.2. The molecule has 1 saturated carbocycles. The van der Waals surface area contributed by atoms with Crippen LogP contribution in [0.1, 0.15) is 38.5 Å². The van der Waals surface area contributed by atoms with Crippen molar-refractivity contribution >= 4 is 27.3 Å². The number of benzene rings is 1. The summed E-state index contributed by atoms with van der Waals surface area (Å²) < 4.78 is 30.8. The quantitative estimate of drug-likeness (QED) is 0.357. The van der Waals surface area contributed by atoms with E-state index in [0.717, 1.165) is 29.5 Å². The standard InChI is InChI=1S/C18H27N3O6S/c1-28(25,26)20(15-7-5-8-16(13-15)21(23)24)14-18(22)19-11-6-12-27-17-9-3-2-4-10-17/h5,7-8,13,17H,2-4,6,9-12,14H2,1H3,(H,19,22). The fourth-order valence-corrected chi connectivity index (χ4v) is 3.98. The Labute approximate surface area is 165 Å². The molecule has 0 aliphatic heterocycles. The molecule has 0 atom stereocenters. The number of nitrogens with zero attached hydrogens (tertiary/aromatic N) is 2. The Bertz CT molecular complexity index is 777. The maximum atomic E-state index is 12.2. The number of anilines is 1. The van der Waals surface area contributed by atoms with E-state index in [1.165, 1.54) is 37.5 Å². The fourth-order valence-electron chi connectivity index (χ4n) is 3.13. The highest BCUT2D eigenvalue weighted by atomic mass is 32.2. The molecule has 1 fully saturated rings. The number of carbonyl (C=O) groups excluding carboxylic acids is 1. The van der Waals surface area contributed by atoms with E-state index in [1.807, 2.05) is 0 Å². The van der Waals surface area contributed by atoms with Crippen molar-refractivity contribution in [1.29, 1.82) is 0 Å². The molecule has 1 amide bonds. The third-order valence-corrected chi connectivity index (χ3v) is 5.71. The molecule has 28 heavy (non-hydrogen) atoms. The third kappa shape index (κ3) is 7.08. The van der Waals surface area contributed by atoms with E-state index in [-0.39, 0.29) is 11.4 Å². The first-order valence-electron chi connectivity index (χ1n) is 9.38. The topological polar surface area (TPSA) is 119 Å². The van der Waals surface area contributed by atoms with Crippen LogP contribution in [0.5, 0.6) is 0 Å². The monoisotopic (exact) mass is 413 g/mol. The Morgan fingerprint density at radius 1 is 1.32 bits per heavy atom. The molecular formula is C18H27N3O6S. The number of carbonyl (C=O) groups is 1. The third-order valence-electron chi connectivity index (χ3n) is 4.57. The molecule has 1 aromatic carbocycles. The van der Waals surface area contributed by atoms with Crippen molar-refractivity contribution in [1.82, 2.24) is 5.32 Å². The van der Waals surface area contributed by atoms with Crippen molar-refractivity contribution in [2.24, 2.45) is 0 Å². The summed E-state index contributed by atoms with van der Waals surface area (Å²) in [6.45, 7) is 0.479. The molecule has 0 radical (unpaired) electrons. The largest absolute Gasteiger partial charge is 0.378 e. The second-order valence-corrected chi connectivity index (χ2v) is 8.79. The van der Waals surface area contributed by atoms with Crippen LogP contribution in [0.3, 0.4) is 0 Å². The van der Waals surface area contributed by atoms with Crippen LogP contribution in [0, 0.1) is 10.1 Å². The Morgan fingerprint density at radius 2 is 2.04 bits per heavy atom. The summed E-state index contributed by atoms with van der Waals surface area (Å²) in [5.74, 6) is -0.477. The van der Waals surface area contributed by atoms with Crippen LogP contribution in [0.25, 0.3) is 0 Å². The Kier molecular flexibility index (Phi) is 8.18. The molecule has 1 aliphatic rings. The van der Waals surface area contributed by atoms with Gasteiger partial charge in [0.2, 0.25) is 15.9 Å². The van der Waals surface area contributed by atoms with Gasteiger partial charge in [0, 0.05) is 25.3 Å². The van der Waals surface area contributed by atoms with Gasteiger partial charge in [0.25, 0.3) is 5.69 Å². The van der Waals surface area contributed by atoms with Gasteiger partial charge in [0.15, 0.2) is 0 Å². The first kappa shape index (κ1) is 22.1. The van der Waals surface area contributed by atoms with E-state index < -0.39 is 27.4 Å². The molecule has 10 heteroatoms. The second kappa shape index (κ2) is 10.4. The highest BCUT2D eigenvalue weighted by Gasteiger charge is 2.22. The maximum absolute atomic E-state index is 12.2. The number of hydrogen-bond acceptors (Lipinski definition) is 6. The van der Waals surface area contributed by atoms with Crippen molar-refractivity contribution < 1.29 is 22.9 Å². The number of non-ortho nitro benzene ring substituents is 1. The van der Waals surface area contributed by atoms with Crippen molar-refractivity contribution in [3.05, 3.63) is 34.4 Å². The summed E-state index contributed by atoms with van der Waals surface area (Å²) in [6, 6.07) is 5.19. The number of rotatable bonds is 10. The molecular weight excluding hydrogens is 386 g/mol. The molecule has 1 aliphatic carbocycles. The van der Waals surface area contributed by atoms with Crippen LogP contribution in [-0.4, -0.2) is 51.3 Å². The predicted octanol–water partition coefficient (Wildman–Crippen LogP) is 2.22. The maximum Gasteiger partial charge on any atom is 0.271 e. The summed E-state index contributed by atoms with van der Waals surface area (Å²) in [4.78, 5) is 22.5. The molecule has 0 spiro atoms. The smallest absolute Gasteiger partial charge is 0.271 e. The Hall–Kier alpha value is -2.20. The average molecular weight is 413 g/mol. The summed E-state index contributed by atoms with van der Waals surface area (Å²) in [5.41, 5.74) is -0.168.